The van der Waals surface area contributed by atoms with Crippen molar-refractivity contribution in [3.63, 3.8) is 0 Å². The van der Waals surface area contributed by atoms with Gasteiger partial charge in [0.25, 0.3) is 16.3 Å². The highest BCUT2D eigenvalue weighted by molar-refractivity contribution is 8.03. The average molecular weight is 908 g/mol. The molecule has 0 saturated carbocycles. The first-order chi connectivity index (χ1) is 27.3. The zero-order valence-corrected chi connectivity index (χ0v) is 34.5. The number of hydrogen-bond acceptors (Lipinski definition) is 15. The maximum absolute atomic E-state index is 14.2. The van der Waals surface area contributed by atoms with Gasteiger partial charge in [-0.15, -0.1) is 22.7 Å². The maximum atomic E-state index is 14.2. The molecule has 1 fully saturated rings. The molecule has 17 nitrogen and oxygen atoms in total. The van der Waals surface area contributed by atoms with E-state index in [0.29, 0.717) is 42.1 Å². The SMILES string of the molecule is Cc1cc2c(cc1Cl)N(CCCS(=O)(=O)[O-])C(=C(C=c1s/c(=c3/s/c(=C4/OC(=S)N(CC(=O)O)C4=O)n(CC(=O)O)c3=O)n(CC(=O)O)c1=O)Cc1ccccc1)S2. The fourth-order valence-electron chi connectivity index (χ4n) is 5.99. The fourth-order valence-corrected chi connectivity index (χ4v) is 10.5. The van der Waals surface area contributed by atoms with Crippen molar-refractivity contribution < 1.29 is 52.2 Å². The molecule has 1 amide bonds. The molecule has 4 heterocycles. The number of rotatable bonds is 13. The summed E-state index contributed by atoms with van der Waals surface area (Å²) in [6.07, 6.45) is 1.67. The van der Waals surface area contributed by atoms with Gasteiger partial charge in [0.05, 0.1) is 25.4 Å². The molecule has 2 aromatic heterocycles. The van der Waals surface area contributed by atoms with Gasteiger partial charge in [0, 0.05) is 28.6 Å². The number of aryl methyl sites for hydroxylation is 1. The molecule has 6 rings (SSSR count). The number of aromatic nitrogens is 2. The summed E-state index contributed by atoms with van der Waals surface area (Å²) in [5.41, 5.74) is 0.849. The summed E-state index contributed by atoms with van der Waals surface area (Å²) >= 11 is 14.1. The van der Waals surface area contributed by atoms with Crippen molar-refractivity contribution in [2.45, 2.75) is 37.8 Å². The molecule has 23 heteroatoms. The van der Waals surface area contributed by atoms with Gasteiger partial charge in [-0.05, 0) is 60.5 Å². The largest absolute Gasteiger partial charge is 0.748 e. The van der Waals surface area contributed by atoms with Crippen molar-refractivity contribution in [2.24, 2.45) is 0 Å². The Kier molecular flexibility index (Phi) is 12.5. The Hall–Kier alpha value is -5.10. The van der Waals surface area contributed by atoms with Crippen LogP contribution in [0.15, 0.2) is 67.6 Å². The first-order valence-electron chi connectivity index (χ1n) is 16.7. The molecule has 0 bridgehead atoms. The maximum Gasteiger partial charge on any atom is 0.323 e. The van der Waals surface area contributed by atoms with E-state index in [1.54, 1.807) is 23.1 Å². The quantitative estimate of drug-likeness (QED) is 0.128. The Labute approximate surface area is 349 Å². The lowest BCUT2D eigenvalue weighted by Gasteiger charge is -2.23. The van der Waals surface area contributed by atoms with E-state index in [-0.39, 0.29) is 37.8 Å². The summed E-state index contributed by atoms with van der Waals surface area (Å²) in [6.45, 7) is -0.943. The number of amides is 1. The number of thioether (sulfide) groups is 1. The van der Waals surface area contributed by atoms with E-state index in [2.05, 4.69) is 0 Å². The first kappa shape index (κ1) is 42.5. The molecule has 0 radical (unpaired) electrons. The number of halogens is 1. The van der Waals surface area contributed by atoms with Crippen molar-refractivity contribution in [1.82, 2.24) is 14.0 Å². The summed E-state index contributed by atoms with van der Waals surface area (Å²) in [4.78, 5) is 80.0. The molecule has 2 aliphatic rings. The number of aliphatic carboxylic acids is 3. The number of carboxylic acid groups (broad SMARTS) is 3. The number of allylic oxidation sites excluding steroid dienone is 1. The van der Waals surface area contributed by atoms with Crippen LogP contribution in [0.5, 0.6) is 0 Å². The predicted molar refractivity (Wildman–Crippen MR) is 216 cm³/mol. The van der Waals surface area contributed by atoms with Crippen LogP contribution in [0.1, 0.15) is 17.5 Å². The number of anilines is 1. The number of nitrogens with zero attached hydrogens (tertiary/aromatic N) is 4. The average Bonchev–Trinajstić information content (AvgIpc) is 3.82. The van der Waals surface area contributed by atoms with Crippen LogP contribution in [0.4, 0.5) is 5.69 Å². The number of thiocarbonyl (C=S) groups is 1. The number of carbonyl (C=O) groups excluding carboxylic acids is 1. The second kappa shape index (κ2) is 17.0. The molecule has 0 aliphatic carbocycles. The second-order valence-corrected chi connectivity index (χ2v) is 18.0. The van der Waals surface area contributed by atoms with E-state index in [4.69, 9.17) is 28.6 Å². The van der Waals surface area contributed by atoms with Gasteiger partial charge in [-0.2, -0.15) is 0 Å². The lowest BCUT2D eigenvalue weighted by molar-refractivity contribution is -0.140. The smallest absolute Gasteiger partial charge is 0.323 e. The number of carbonyl (C=O) groups is 4. The summed E-state index contributed by atoms with van der Waals surface area (Å²) in [7, 11) is -4.56. The third kappa shape index (κ3) is 9.12. The van der Waals surface area contributed by atoms with Gasteiger partial charge < -0.3 is 29.5 Å². The number of carboxylic acids is 3. The van der Waals surface area contributed by atoms with Gasteiger partial charge in [0.2, 0.25) is 5.76 Å². The van der Waals surface area contributed by atoms with Gasteiger partial charge >= 0.3 is 23.8 Å². The Morgan fingerprint density at radius 1 is 0.914 bits per heavy atom. The number of fused-ring (bicyclic) bond motifs is 1. The Morgan fingerprint density at radius 3 is 2.17 bits per heavy atom. The van der Waals surface area contributed by atoms with Gasteiger partial charge in [0.1, 0.15) is 33.5 Å². The van der Waals surface area contributed by atoms with Crippen molar-refractivity contribution in [3.8, 4) is 0 Å². The van der Waals surface area contributed by atoms with Gasteiger partial charge in [-0.3, -0.25) is 42.8 Å². The van der Waals surface area contributed by atoms with Crippen molar-refractivity contribution in [3.05, 3.63) is 108 Å². The molecule has 2 aromatic carbocycles. The number of hydrogen-bond donors (Lipinski definition) is 3. The van der Waals surface area contributed by atoms with E-state index < -0.39 is 81.4 Å². The third-order valence-corrected chi connectivity index (χ3v) is 13.6. The predicted octanol–water partition coefficient (Wildman–Crippen LogP) is 1.67. The Balaban J connectivity index is 1.66. The highest BCUT2D eigenvalue weighted by atomic mass is 35.5. The van der Waals surface area contributed by atoms with Crippen LogP contribution < -0.4 is 25.2 Å². The molecule has 2 aliphatic heterocycles. The molecule has 1 saturated heterocycles. The van der Waals surface area contributed by atoms with Crippen LogP contribution in [0, 0.1) is 16.1 Å². The minimum atomic E-state index is -4.56. The van der Waals surface area contributed by atoms with Crippen molar-refractivity contribution in [1.29, 1.82) is 0 Å². The molecule has 0 unspecified atom stereocenters. The molecule has 3 N–H and O–H groups in total. The highest BCUT2D eigenvalue weighted by Gasteiger charge is 2.37. The van der Waals surface area contributed by atoms with Gasteiger partial charge in [-0.1, -0.05) is 53.7 Å². The highest BCUT2D eigenvalue weighted by Crippen LogP contribution is 2.49. The zero-order chi connectivity index (χ0) is 42.2. The molecular formula is C35H28ClN4O13S5-. The van der Waals surface area contributed by atoms with Gasteiger partial charge in [-0.25, -0.2) is 8.42 Å². The molecule has 4 aromatic rings. The summed E-state index contributed by atoms with van der Waals surface area (Å²) in [5.74, 6) is -6.75. The molecule has 304 valence electrons. The topological polar surface area (TPSA) is 246 Å². The third-order valence-electron chi connectivity index (χ3n) is 8.49. The molecule has 0 spiro atoms. The van der Waals surface area contributed by atoms with E-state index in [9.17, 15) is 57.1 Å². The Bertz CT molecular complexity index is 2920. The Morgan fingerprint density at radius 2 is 1.55 bits per heavy atom. The van der Waals surface area contributed by atoms with Crippen LogP contribution in [0.3, 0.4) is 0 Å². The minimum absolute atomic E-state index is 0.0451. The first-order valence-corrected chi connectivity index (χ1v) is 21.5. The van der Waals surface area contributed by atoms with E-state index in [0.717, 1.165) is 31.9 Å². The fraction of sp³-hybridized carbons (Fsp3) is 0.229. The van der Waals surface area contributed by atoms with Crippen LogP contribution in [0.25, 0.3) is 11.8 Å². The molecule has 0 atom stereocenters. The normalized spacial score (nSPS) is 16.8. The number of thiazole rings is 2. The summed E-state index contributed by atoms with van der Waals surface area (Å²) in [5, 5.41) is 29.2. The molecular weight excluding hydrogens is 880 g/mol. The van der Waals surface area contributed by atoms with Crippen LogP contribution in [-0.2, 0) is 53.5 Å². The summed E-state index contributed by atoms with van der Waals surface area (Å²) < 4.78 is 40.6. The lowest BCUT2D eigenvalue weighted by Crippen LogP contribution is -2.35. The molecule has 58 heavy (non-hydrogen) atoms. The van der Waals surface area contributed by atoms with Crippen molar-refractivity contribution >= 4 is 115 Å². The van der Waals surface area contributed by atoms with Crippen LogP contribution in [0.2, 0.25) is 5.02 Å². The van der Waals surface area contributed by atoms with E-state index in [1.807, 2.05) is 31.2 Å². The summed E-state index contributed by atoms with van der Waals surface area (Å²) in [6, 6.07) is 12.6. The second-order valence-electron chi connectivity index (χ2n) is 12.6. The van der Waals surface area contributed by atoms with Crippen molar-refractivity contribution in [2.75, 3.05) is 23.7 Å². The number of ether oxygens (including phenoxy) is 1. The van der Waals surface area contributed by atoms with Crippen LogP contribution in [-0.4, -0.2) is 90.2 Å². The number of benzene rings is 2. The van der Waals surface area contributed by atoms with E-state index >= 15 is 0 Å². The van der Waals surface area contributed by atoms with Crippen LogP contribution >= 0.6 is 58.3 Å². The van der Waals surface area contributed by atoms with E-state index in [1.165, 1.54) is 17.8 Å². The monoisotopic (exact) mass is 907 g/mol. The minimum Gasteiger partial charge on any atom is -0.748 e. The standard InChI is InChI=1S/C35H29ClN4O13S5/c1-17-10-22-21(13-20(17)36)37(8-5-9-58(50,51)52)32(55-22)19(11-18-6-3-2-4-7-18)12-23-29(47)38(14-24(41)42)34(56-23)28-31(49)39(15-25(43)44)33(57-28)27-30(48)40(16-26(45)46)35(54)53-27/h2-4,6-7,10,12-13H,5,8-9,11,14-16H2,1H3,(H,41,42)(H,43,44)(H,45,46)(H,50,51,52)/p-1/b23-12?,32-19?,33-27+,34-28+. The van der Waals surface area contributed by atoms with Gasteiger partial charge in [0.15, 0.2) is 0 Å². The lowest BCUT2D eigenvalue weighted by atomic mass is 10.1. The zero-order valence-electron chi connectivity index (χ0n) is 29.7.